The predicted octanol–water partition coefficient (Wildman–Crippen LogP) is 4.27. The zero-order chi connectivity index (χ0) is 14.4. The summed E-state index contributed by atoms with van der Waals surface area (Å²) in [4.78, 5) is 0. The van der Waals surface area contributed by atoms with Gasteiger partial charge < -0.3 is 10.4 Å². The average molecular weight is 275 g/mol. The van der Waals surface area contributed by atoms with Gasteiger partial charge in [0, 0.05) is 12.1 Å². The standard InChI is InChI=1S/C18H29NO/c1-3-15-5-4-6-17(13-15)19-14(2)7-8-16-9-11-18(20)12-10-16/h9-12,14-15,17,19-20H,3-8,13H2,1-2H3. The quantitative estimate of drug-likeness (QED) is 0.812. The molecule has 3 atom stereocenters. The van der Waals surface area contributed by atoms with E-state index in [0.29, 0.717) is 11.8 Å². The SMILES string of the molecule is CCC1CCCC(NC(C)CCc2ccc(O)cc2)C1. The Kier molecular flexibility index (Phi) is 5.90. The molecule has 0 radical (unpaired) electrons. The van der Waals surface area contributed by atoms with Crippen molar-refractivity contribution in [1.29, 1.82) is 0 Å². The van der Waals surface area contributed by atoms with Crippen LogP contribution in [-0.2, 0) is 6.42 Å². The second-order valence-electron chi connectivity index (χ2n) is 6.41. The molecule has 1 aromatic carbocycles. The number of hydrogen-bond acceptors (Lipinski definition) is 2. The number of aromatic hydroxyl groups is 1. The zero-order valence-corrected chi connectivity index (χ0v) is 12.9. The van der Waals surface area contributed by atoms with Crippen LogP contribution in [0.1, 0.15) is 57.9 Å². The molecule has 1 aliphatic rings. The molecule has 20 heavy (non-hydrogen) atoms. The van der Waals surface area contributed by atoms with Crippen molar-refractivity contribution in [1.82, 2.24) is 5.32 Å². The first-order valence-electron chi connectivity index (χ1n) is 8.21. The molecule has 0 spiro atoms. The highest BCUT2D eigenvalue weighted by Gasteiger charge is 2.21. The van der Waals surface area contributed by atoms with Gasteiger partial charge in [0.05, 0.1) is 0 Å². The van der Waals surface area contributed by atoms with Crippen molar-refractivity contribution in [3.63, 3.8) is 0 Å². The summed E-state index contributed by atoms with van der Waals surface area (Å²) in [7, 11) is 0. The number of benzene rings is 1. The van der Waals surface area contributed by atoms with E-state index in [1.807, 2.05) is 12.1 Å². The molecule has 2 heteroatoms. The van der Waals surface area contributed by atoms with Crippen LogP contribution in [0.3, 0.4) is 0 Å². The third kappa shape index (κ3) is 4.82. The molecule has 0 amide bonds. The minimum Gasteiger partial charge on any atom is -0.508 e. The Balaban J connectivity index is 1.72. The first kappa shape index (κ1) is 15.4. The summed E-state index contributed by atoms with van der Waals surface area (Å²) < 4.78 is 0. The molecule has 1 aromatic rings. The van der Waals surface area contributed by atoms with Crippen LogP contribution >= 0.6 is 0 Å². The third-order valence-corrected chi connectivity index (χ3v) is 4.68. The first-order chi connectivity index (χ1) is 9.67. The molecular formula is C18H29NO. The van der Waals surface area contributed by atoms with Crippen molar-refractivity contribution in [3.05, 3.63) is 29.8 Å². The van der Waals surface area contributed by atoms with Gasteiger partial charge in [-0.05, 0) is 56.2 Å². The Bertz CT molecular complexity index is 387. The predicted molar refractivity (Wildman–Crippen MR) is 85.1 cm³/mol. The van der Waals surface area contributed by atoms with Gasteiger partial charge in [-0.1, -0.05) is 38.3 Å². The van der Waals surface area contributed by atoms with E-state index in [4.69, 9.17) is 0 Å². The van der Waals surface area contributed by atoms with Crippen LogP contribution < -0.4 is 5.32 Å². The largest absolute Gasteiger partial charge is 0.508 e. The molecular weight excluding hydrogens is 246 g/mol. The number of nitrogens with one attached hydrogen (secondary N) is 1. The van der Waals surface area contributed by atoms with Crippen LogP contribution in [0.15, 0.2) is 24.3 Å². The molecule has 1 fully saturated rings. The maximum absolute atomic E-state index is 9.29. The van der Waals surface area contributed by atoms with E-state index in [1.54, 1.807) is 12.1 Å². The number of phenols is 1. The molecule has 1 aliphatic carbocycles. The normalized spacial score (nSPS) is 24.5. The number of phenolic OH excluding ortho intramolecular Hbond substituents is 1. The average Bonchev–Trinajstić information content (AvgIpc) is 2.47. The summed E-state index contributed by atoms with van der Waals surface area (Å²) in [5.74, 6) is 1.29. The molecule has 0 saturated heterocycles. The van der Waals surface area contributed by atoms with E-state index < -0.39 is 0 Å². The van der Waals surface area contributed by atoms with Crippen molar-refractivity contribution in [2.45, 2.75) is 70.9 Å². The van der Waals surface area contributed by atoms with E-state index >= 15 is 0 Å². The van der Waals surface area contributed by atoms with Crippen LogP contribution in [0.4, 0.5) is 0 Å². The summed E-state index contributed by atoms with van der Waals surface area (Å²) >= 11 is 0. The maximum atomic E-state index is 9.29. The van der Waals surface area contributed by atoms with Crippen LogP contribution in [0.2, 0.25) is 0 Å². The van der Waals surface area contributed by atoms with Gasteiger partial charge >= 0.3 is 0 Å². The molecule has 3 unspecified atom stereocenters. The summed E-state index contributed by atoms with van der Waals surface area (Å²) in [6.07, 6.45) is 9.11. The van der Waals surface area contributed by atoms with Crippen LogP contribution in [0, 0.1) is 5.92 Å². The Morgan fingerprint density at radius 3 is 2.70 bits per heavy atom. The smallest absolute Gasteiger partial charge is 0.115 e. The molecule has 2 rings (SSSR count). The van der Waals surface area contributed by atoms with Crippen molar-refractivity contribution >= 4 is 0 Å². The fourth-order valence-electron chi connectivity index (χ4n) is 3.34. The monoisotopic (exact) mass is 275 g/mol. The topological polar surface area (TPSA) is 32.3 Å². The minimum absolute atomic E-state index is 0.354. The lowest BCUT2D eigenvalue weighted by atomic mass is 9.84. The van der Waals surface area contributed by atoms with Crippen molar-refractivity contribution in [3.8, 4) is 5.75 Å². The number of hydrogen-bond donors (Lipinski definition) is 2. The summed E-state index contributed by atoms with van der Waals surface area (Å²) in [6.45, 7) is 4.62. The van der Waals surface area contributed by atoms with E-state index in [2.05, 4.69) is 19.2 Å². The number of aryl methyl sites for hydroxylation is 1. The van der Waals surface area contributed by atoms with Crippen LogP contribution in [-0.4, -0.2) is 17.2 Å². The van der Waals surface area contributed by atoms with Crippen molar-refractivity contribution in [2.24, 2.45) is 5.92 Å². The van der Waals surface area contributed by atoms with E-state index in [0.717, 1.165) is 24.8 Å². The van der Waals surface area contributed by atoms with E-state index in [-0.39, 0.29) is 0 Å². The Morgan fingerprint density at radius 2 is 2.00 bits per heavy atom. The Morgan fingerprint density at radius 1 is 1.25 bits per heavy atom. The zero-order valence-electron chi connectivity index (χ0n) is 12.9. The van der Waals surface area contributed by atoms with Gasteiger partial charge in [0.2, 0.25) is 0 Å². The molecule has 112 valence electrons. The third-order valence-electron chi connectivity index (χ3n) is 4.68. The second kappa shape index (κ2) is 7.68. The number of rotatable bonds is 6. The summed E-state index contributed by atoms with van der Waals surface area (Å²) in [5.41, 5.74) is 1.31. The fraction of sp³-hybridized carbons (Fsp3) is 0.667. The molecule has 0 heterocycles. The lowest BCUT2D eigenvalue weighted by Gasteiger charge is -2.31. The summed E-state index contributed by atoms with van der Waals surface area (Å²) in [6, 6.07) is 8.90. The first-order valence-corrected chi connectivity index (χ1v) is 8.21. The van der Waals surface area contributed by atoms with Gasteiger partial charge in [-0.15, -0.1) is 0 Å². The fourth-order valence-corrected chi connectivity index (χ4v) is 3.34. The van der Waals surface area contributed by atoms with Gasteiger partial charge in [0.15, 0.2) is 0 Å². The van der Waals surface area contributed by atoms with Gasteiger partial charge in [0.25, 0.3) is 0 Å². The molecule has 2 N–H and O–H groups in total. The van der Waals surface area contributed by atoms with Gasteiger partial charge in [-0.3, -0.25) is 0 Å². The molecule has 1 saturated carbocycles. The molecule has 2 nitrogen and oxygen atoms in total. The second-order valence-corrected chi connectivity index (χ2v) is 6.41. The minimum atomic E-state index is 0.354. The maximum Gasteiger partial charge on any atom is 0.115 e. The molecule has 0 aromatic heterocycles. The van der Waals surface area contributed by atoms with Crippen molar-refractivity contribution in [2.75, 3.05) is 0 Å². The highest BCUT2D eigenvalue weighted by molar-refractivity contribution is 5.25. The molecule has 0 bridgehead atoms. The van der Waals surface area contributed by atoms with Crippen LogP contribution in [0.5, 0.6) is 5.75 Å². The Hall–Kier alpha value is -1.02. The molecule has 0 aliphatic heterocycles. The van der Waals surface area contributed by atoms with Gasteiger partial charge in [-0.2, -0.15) is 0 Å². The Labute approximate surface area is 123 Å². The van der Waals surface area contributed by atoms with Gasteiger partial charge in [0.1, 0.15) is 5.75 Å². The van der Waals surface area contributed by atoms with E-state index in [1.165, 1.54) is 37.7 Å². The van der Waals surface area contributed by atoms with E-state index in [9.17, 15) is 5.11 Å². The van der Waals surface area contributed by atoms with Crippen LogP contribution in [0.25, 0.3) is 0 Å². The lowest BCUT2D eigenvalue weighted by molar-refractivity contribution is 0.262. The summed E-state index contributed by atoms with van der Waals surface area (Å²) in [5, 5.41) is 13.1. The highest BCUT2D eigenvalue weighted by atomic mass is 16.3. The van der Waals surface area contributed by atoms with Crippen molar-refractivity contribution < 1.29 is 5.11 Å². The van der Waals surface area contributed by atoms with Gasteiger partial charge in [-0.25, -0.2) is 0 Å². The highest BCUT2D eigenvalue weighted by Crippen LogP contribution is 2.27. The lowest BCUT2D eigenvalue weighted by Crippen LogP contribution is -2.39.